The maximum atomic E-state index is 12.7. The van der Waals surface area contributed by atoms with Gasteiger partial charge >= 0.3 is 0 Å². The Kier molecular flexibility index (Phi) is 5.97. The third-order valence-electron chi connectivity index (χ3n) is 5.68. The Morgan fingerprint density at radius 2 is 1.80 bits per heavy atom. The average molecular weight is 415 g/mol. The monoisotopic (exact) mass is 414 g/mol. The summed E-state index contributed by atoms with van der Waals surface area (Å²) >= 11 is 0. The molecule has 8 nitrogen and oxygen atoms in total. The van der Waals surface area contributed by atoms with Crippen molar-refractivity contribution in [1.82, 2.24) is 14.9 Å². The van der Waals surface area contributed by atoms with E-state index in [4.69, 9.17) is 19.2 Å². The number of ether oxygens (including phenoxy) is 3. The zero-order valence-corrected chi connectivity index (χ0v) is 18.1. The van der Waals surface area contributed by atoms with Crippen molar-refractivity contribution >= 4 is 5.95 Å². The van der Waals surface area contributed by atoms with Crippen LogP contribution in [0.25, 0.3) is 0 Å². The summed E-state index contributed by atoms with van der Waals surface area (Å²) in [7, 11) is 3.31. The average Bonchev–Trinajstić information content (AvgIpc) is 2.72. The van der Waals surface area contributed by atoms with Gasteiger partial charge in [-0.05, 0) is 38.0 Å². The van der Waals surface area contributed by atoms with Crippen LogP contribution in [0.3, 0.4) is 0 Å². The van der Waals surface area contributed by atoms with Gasteiger partial charge in [-0.1, -0.05) is 0 Å². The van der Waals surface area contributed by atoms with E-state index in [9.17, 15) is 4.79 Å². The summed E-state index contributed by atoms with van der Waals surface area (Å²) in [5.41, 5.74) is 2.74. The van der Waals surface area contributed by atoms with E-state index in [1.54, 1.807) is 14.2 Å². The number of hydrogen-bond acceptors (Lipinski definition) is 7. The first-order chi connectivity index (χ1) is 14.4. The minimum atomic E-state index is -0.0236. The Morgan fingerprint density at radius 3 is 2.43 bits per heavy atom. The number of morpholine rings is 1. The molecule has 2 atom stereocenters. The first kappa shape index (κ1) is 20.7. The van der Waals surface area contributed by atoms with Gasteiger partial charge in [0.2, 0.25) is 5.95 Å². The number of anilines is 1. The van der Waals surface area contributed by atoms with E-state index in [0.29, 0.717) is 18.9 Å². The summed E-state index contributed by atoms with van der Waals surface area (Å²) in [6.45, 7) is 7.72. The fraction of sp³-hybridized carbons (Fsp3) is 0.545. The van der Waals surface area contributed by atoms with Crippen LogP contribution in [0, 0.1) is 0 Å². The van der Waals surface area contributed by atoms with Gasteiger partial charge in [-0.15, -0.1) is 0 Å². The van der Waals surface area contributed by atoms with Crippen LogP contribution in [0.1, 0.15) is 30.7 Å². The molecule has 2 aromatic rings. The zero-order chi connectivity index (χ0) is 21.3. The maximum Gasteiger partial charge on any atom is 0.255 e. The van der Waals surface area contributed by atoms with Crippen molar-refractivity contribution in [2.24, 2.45) is 0 Å². The SMILES string of the molecule is COc1cc(CN2CCc3c(nc(N4CC(C)OC(C)C4)[nH]c3=O)C2)cc(OC)c1. The van der Waals surface area contributed by atoms with E-state index in [0.717, 1.165) is 54.5 Å². The second-order valence-corrected chi connectivity index (χ2v) is 8.16. The summed E-state index contributed by atoms with van der Waals surface area (Å²) in [6.07, 6.45) is 0.902. The van der Waals surface area contributed by atoms with Crippen LogP contribution in [0.2, 0.25) is 0 Å². The van der Waals surface area contributed by atoms with Crippen molar-refractivity contribution < 1.29 is 14.2 Å². The largest absolute Gasteiger partial charge is 0.497 e. The van der Waals surface area contributed by atoms with Crippen LogP contribution in [0.15, 0.2) is 23.0 Å². The molecule has 0 bridgehead atoms. The number of benzene rings is 1. The molecule has 162 valence electrons. The van der Waals surface area contributed by atoms with Crippen LogP contribution in [-0.4, -0.2) is 60.9 Å². The predicted octanol–water partition coefficient (Wildman–Crippen LogP) is 1.96. The van der Waals surface area contributed by atoms with Crippen molar-refractivity contribution in [3.05, 3.63) is 45.4 Å². The van der Waals surface area contributed by atoms with Crippen molar-refractivity contribution in [2.45, 2.75) is 45.6 Å². The molecule has 2 unspecified atom stereocenters. The first-order valence-corrected chi connectivity index (χ1v) is 10.4. The standard InChI is InChI=1S/C22H30N4O4/c1-14-10-26(11-15(2)30-14)22-23-20-13-25(6-5-19(20)21(27)24-22)12-16-7-17(28-3)9-18(8-16)29-4/h7-9,14-15H,5-6,10-13H2,1-4H3,(H,23,24,27). The molecule has 0 saturated carbocycles. The molecule has 0 amide bonds. The Bertz CT molecular complexity index is 928. The number of nitrogens with zero attached hydrogens (tertiary/aromatic N) is 3. The lowest BCUT2D eigenvalue weighted by atomic mass is 10.1. The second-order valence-electron chi connectivity index (χ2n) is 8.16. The molecule has 0 radical (unpaired) electrons. The lowest BCUT2D eigenvalue weighted by molar-refractivity contribution is -0.00576. The van der Waals surface area contributed by atoms with E-state index in [1.807, 2.05) is 32.0 Å². The van der Waals surface area contributed by atoms with Crippen LogP contribution < -0.4 is 19.9 Å². The van der Waals surface area contributed by atoms with Crippen molar-refractivity contribution in [2.75, 3.05) is 38.8 Å². The smallest absolute Gasteiger partial charge is 0.255 e. The van der Waals surface area contributed by atoms with Crippen molar-refractivity contribution in [3.8, 4) is 11.5 Å². The highest BCUT2D eigenvalue weighted by molar-refractivity contribution is 5.39. The van der Waals surface area contributed by atoms with Gasteiger partial charge in [0.25, 0.3) is 5.56 Å². The minimum Gasteiger partial charge on any atom is -0.497 e. The quantitative estimate of drug-likeness (QED) is 0.801. The third kappa shape index (κ3) is 4.44. The number of nitrogens with one attached hydrogen (secondary N) is 1. The molecule has 0 aliphatic carbocycles. The number of fused-ring (bicyclic) bond motifs is 1. The third-order valence-corrected chi connectivity index (χ3v) is 5.68. The highest BCUT2D eigenvalue weighted by atomic mass is 16.5. The number of hydrogen-bond donors (Lipinski definition) is 1. The molecule has 1 fully saturated rings. The second kappa shape index (κ2) is 8.65. The van der Waals surface area contributed by atoms with Gasteiger partial charge in [0.1, 0.15) is 11.5 Å². The molecule has 1 N–H and O–H groups in total. The number of H-pyrrole nitrogens is 1. The minimum absolute atomic E-state index is 0.0236. The number of aromatic nitrogens is 2. The number of aromatic amines is 1. The molecule has 2 aliphatic rings. The molecule has 1 saturated heterocycles. The Morgan fingerprint density at radius 1 is 1.13 bits per heavy atom. The normalized spacial score (nSPS) is 21.9. The summed E-state index contributed by atoms with van der Waals surface area (Å²) in [5, 5.41) is 0. The summed E-state index contributed by atoms with van der Waals surface area (Å²) in [4.78, 5) is 25.0. The zero-order valence-electron chi connectivity index (χ0n) is 18.1. The van der Waals surface area contributed by atoms with Crippen molar-refractivity contribution in [1.29, 1.82) is 0 Å². The van der Waals surface area contributed by atoms with Gasteiger partial charge in [0.05, 0.1) is 32.1 Å². The predicted molar refractivity (Wildman–Crippen MR) is 114 cm³/mol. The van der Waals surface area contributed by atoms with E-state index in [-0.39, 0.29) is 17.8 Å². The molecule has 0 spiro atoms. The lowest BCUT2D eigenvalue weighted by Gasteiger charge is -2.36. The highest BCUT2D eigenvalue weighted by Gasteiger charge is 2.27. The van der Waals surface area contributed by atoms with Crippen LogP contribution in [0.5, 0.6) is 11.5 Å². The topological polar surface area (TPSA) is 79.9 Å². The number of methoxy groups -OCH3 is 2. The molecule has 30 heavy (non-hydrogen) atoms. The molecule has 4 rings (SSSR count). The van der Waals surface area contributed by atoms with Gasteiger partial charge in [-0.25, -0.2) is 4.98 Å². The molecule has 1 aromatic carbocycles. The van der Waals surface area contributed by atoms with E-state index in [2.05, 4.69) is 14.8 Å². The highest BCUT2D eigenvalue weighted by Crippen LogP contribution is 2.25. The molecule has 8 heteroatoms. The lowest BCUT2D eigenvalue weighted by Crippen LogP contribution is -2.47. The Balaban J connectivity index is 1.54. The molecule has 3 heterocycles. The fourth-order valence-electron chi connectivity index (χ4n) is 4.33. The van der Waals surface area contributed by atoms with Gasteiger partial charge in [0.15, 0.2) is 0 Å². The first-order valence-electron chi connectivity index (χ1n) is 10.4. The maximum absolute atomic E-state index is 12.7. The molecule has 2 aliphatic heterocycles. The Hall–Kier alpha value is -2.58. The molecular formula is C22H30N4O4. The van der Waals surface area contributed by atoms with Gasteiger partial charge < -0.3 is 19.1 Å². The van der Waals surface area contributed by atoms with E-state index in [1.165, 1.54) is 0 Å². The van der Waals surface area contributed by atoms with Gasteiger partial charge in [-0.2, -0.15) is 0 Å². The summed E-state index contributed by atoms with van der Waals surface area (Å²) in [5.74, 6) is 2.19. The Labute approximate surface area is 176 Å². The van der Waals surface area contributed by atoms with E-state index >= 15 is 0 Å². The fourth-order valence-corrected chi connectivity index (χ4v) is 4.33. The summed E-state index contributed by atoms with van der Waals surface area (Å²) in [6, 6.07) is 5.91. The molecular weight excluding hydrogens is 384 g/mol. The molecule has 1 aromatic heterocycles. The van der Waals surface area contributed by atoms with Crippen molar-refractivity contribution in [3.63, 3.8) is 0 Å². The van der Waals surface area contributed by atoms with Gasteiger partial charge in [-0.3, -0.25) is 14.7 Å². The summed E-state index contributed by atoms with van der Waals surface area (Å²) < 4.78 is 16.6. The van der Waals surface area contributed by atoms with Crippen LogP contribution in [0.4, 0.5) is 5.95 Å². The van der Waals surface area contributed by atoms with Gasteiger partial charge in [0, 0.05) is 44.4 Å². The number of rotatable bonds is 5. The van der Waals surface area contributed by atoms with Crippen LogP contribution >= 0.6 is 0 Å². The van der Waals surface area contributed by atoms with Crippen LogP contribution in [-0.2, 0) is 24.2 Å². The van der Waals surface area contributed by atoms with E-state index < -0.39 is 0 Å².